The maximum Gasteiger partial charge on any atom is 0.311 e. The van der Waals surface area contributed by atoms with Gasteiger partial charge in [0, 0.05) is 18.2 Å². The standard InChI is InChI=1S/C12H18N4O3/c1-15-7-5-9(6-8-15)13-12-10(16(17)18)3-4-11(14-12)19-2/h3-4,9H,5-8H2,1-2H3,(H,13,14). The molecule has 2 heterocycles. The van der Waals surface area contributed by atoms with Crippen LogP contribution in [0.5, 0.6) is 5.88 Å². The zero-order valence-electron chi connectivity index (χ0n) is 11.1. The molecule has 2 rings (SSSR count). The fourth-order valence-corrected chi connectivity index (χ4v) is 2.15. The van der Waals surface area contributed by atoms with Gasteiger partial charge in [-0.2, -0.15) is 4.98 Å². The molecule has 0 radical (unpaired) electrons. The van der Waals surface area contributed by atoms with Crippen LogP contribution in [0.15, 0.2) is 12.1 Å². The average Bonchev–Trinajstić information content (AvgIpc) is 2.41. The molecular formula is C12H18N4O3. The molecule has 0 atom stereocenters. The summed E-state index contributed by atoms with van der Waals surface area (Å²) < 4.78 is 5.01. The topological polar surface area (TPSA) is 80.5 Å². The molecule has 0 aliphatic carbocycles. The molecule has 1 aliphatic heterocycles. The molecular weight excluding hydrogens is 248 g/mol. The monoisotopic (exact) mass is 266 g/mol. The lowest BCUT2D eigenvalue weighted by Crippen LogP contribution is -2.37. The first-order valence-electron chi connectivity index (χ1n) is 6.24. The van der Waals surface area contributed by atoms with Gasteiger partial charge in [0.15, 0.2) is 0 Å². The van der Waals surface area contributed by atoms with Gasteiger partial charge in [0.25, 0.3) is 0 Å². The number of nitrogens with zero attached hydrogens (tertiary/aromatic N) is 3. The van der Waals surface area contributed by atoms with E-state index in [0.717, 1.165) is 25.9 Å². The Morgan fingerprint density at radius 2 is 2.16 bits per heavy atom. The summed E-state index contributed by atoms with van der Waals surface area (Å²) in [5, 5.41) is 14.2. The Hall–Kier alpha value is -1.89. The van der Waals surface area contributed by atoms with Gasteiger partial charge in [0.1, 0.15) is 0 Å². The van der Waals surface area contributed by atoms with Crippen molar-refractivity contribution < 1.29 is 9.66 Å². The number of anilines is 1. The van der Waals surface area contributed by atoms with Crippen molar-refractivity contribution in [2.24, 2.45) is 0 Å². The van der Waals surface area contributed by atoms with Crippen molar-refractivity contribution in [3.8, 4) is 5.88 Å². The van der Waals surface area contributed by atoms with Gasteiger partial charge in [0.05, 0.1) is 12.0 Å². The molecule has 0 aromatic carbocycles. The predicted octanol–water partition coefficient (Wildman–Crippen LogP) is 1.50. The summed E-state index contributed by atoms with van der Waals surface area (Å²) in [6.07, 6.45) is 1.90. The van der Waals surface area contributed by atoms with E-state index in [1.807, 2.05) is 0 Å². The van der Waals surface area contributed by atoms with Gasteiger partial charge < -0.3 is 15.0 Å². The Bertz CT molecular complexity index is 458. The van der Waals surface area contributed by atoms with Crippen LogP contribution in [0.1, 0.15) is 12.8 Å². The molecule has 1 aromatic rings. The number of hydrogen-bond donors (Lipinski definition) is 1. The Morgan fingerprint density at radius 3 is 2.74 bits per heavy atom. The van der Waals surface area contributed by atoms with Crippen molar-refractivity contribution in [2.45, 2.75) is 18.9 Å². The summed E-state index contributed by atoms with van der Waals surface area (Å²) in [5.41, 5.74) is -0.0141. The van der Waals surface area contributed by atoms with Crippen molar-refractivity contribution in [1.82, 2.24) is 9.88 Å². The van der Waals surface area contributed by atoms with E-state index in [9.17, 15) is 10.1 Å². The number of hydrogen-bond acceptors (Lipinski definition) is 6. The number of likely N-dealkylation sites (tertiary alicyclic amines) is 1. The van der Waals surface area contributed by atoms with Gasteiger partial charge in [-0.05, 0) is 33.0 Å². The van der Waals surface area contributed by atoms with Crippen LogP contribution < -0.4 is 10.1 Å². The van der Waals surface area contributed by atoms with Gasteiger partial charge in [-0.3, -0.25) is 10.1 Å². The Balaban J connectivity index is 2.15. The molecule has 1 fully saturated rings. The molecule has 1 aromatic heterocycles. The molecule has 19 heavy (non-hydrogen) atoms. The van der Waals surface area contributed by atoms with Crippen molar-refractivity contribution in [1.29, 1.82) is 0 Å². The number of piperidine rings is 1. The Labute approximate surface area is 111 Å². The second-order valence-corrected chi connectivity index (χ2v) is 4.70. The maximum atomic E-state index is 11.0. The number of methoxy groups -OCH3 is 1. The quantitative estimate of drug-likeness (QED) is 0.657. The highest BCUT2D eigenvalue weighted by Crippen LogP contribution is 2.26. The third-order valence-corrected chi connectivity index (χ3v) is 3.31. The summed E-state index contributed by atoms with van der Waals surface area (Å²) in [4.78, 5) is 16.9. The number of rotatable bonds is 4. The zero-order valence-corrected chi connectivity index (χ0v) is 11.1. The minimum Gasteiger partial charge on any atom is -0.481 e. The number of ether oxygens (including phenoxy) is 1. The van der Waals surface area contributed by atoms with Crippen LogP contribution in [0, 0.1) is 10.1 Å². The first kappa shape index (κ1) is 13.5. The van der Waals surface area contributed by atoms with Crippen LogP contribution in [0.25, 0.3) is 0 Å². The fourth-order valence-electron chi connectivity index (χ4n) is 2.15. The van der Waals surface area contributed by atoms with Crippen molar-refractivity contribution in [3.05, 3.63) is 22.2 Å². The smallest absolute Gasteiger partial charge is 0.311 e. The van der Waals surface area contributed by atoms with E-state index in [1.54, 1.807) is 0 Å². The molecule has 0 bridgehead atoms. The molecule has 104 valence electrons. The third kappa shape index (κ3) is 3.31. The van der Waals surface area contributed by atoms with Crippen molar-refractivity contribution in [2.75, 3.05) is 32.6 Å². The number of pyridine rings is 1. The maximum absolute atomic E-state index is 11.0. The third-order valence-electron chi connectivity index (χ3n) is 3.31. The number of aromatic nitrogens is 1. The predicted molar refractivity (Wildman–Crippen MR) is 71.6 cm³/mol. The molecule has 1 aliphatic rings. The van der Waals surface area contributed by atoms with Gasteiger partial charge in [0.2, 0.25) is 11.7 Å². The highest BCUT2D eigenvalue weighted by molar-refractivity contribution is 5.57. The highest BCUT2D eigenvalue weighted by atomic mass is 16.6. The largest absolute Gasteiger partial charge is 0.481 e. The normalized spacial score (nSPS) is 17.2. The van der Waals surface area contributed by atoms with Crippen LogP contribution in [0.4, 0.5) is 11.5 Å². The van der Waals surface area contributed by atoms with E-state index >= 15 is 0 Å². The number of nitro groups is 1. The first-order valence-corrected chi connectivity index (χ1v) is 6.24. The molecule has 1 saturated heterocycles. The van der Waals surface area contributed by atoms with Crippen molar-refractivity contribution >= 4 is 11.5 Å². The summed E-state index contributed by atoms with van der Waals surface area (Å²) in [6, 6.07) is 3.13. The zero-order chi connectivity index (χ0) is 13.8. The lowest BCUT2D eigenvalue weighted by molar-refractivity contribution is -0.384. The second kappa shape index (κ2) is 5.83. The molecule has 1 N–H and O–H groups in total. The van der Waals surface area contributed by atoms with E-state index in [0.29, 0.717) is 11.7 Å². The van der Waals surface area contributed by atoms with Gasteiger partial charge in [-0.15, -0.1) is 0 Å². The molecule has 0 saturated carbocycles. The number of nitrogens with one attached hydrogen (secondary N) is 1. The SMILES string of the molecule is COc1ccc([N+](=O)[O-])c(NC2CCN(C)CC2)n1. The second-order valence-electron chi connectivity index (χ2n) is 4.70. The lowest BCUT2D eigenvalue weighted by atomic mass is 10.1. The highest BCUT2D eigenvalue weighted by Gasteiger charge is 2.22. The lowest BCUT2D eigenvalue weighted by Gasteiger charge is -2.29. The fraction of sp³-hybridized carbons (Fsp3) is 0.583. The van der Waals surface area contributed by atoms with Crippen LogP contribution in [0.2, 0.25) is 0 Å². The molecule has 0 amide bonds. The summed E-state index contributed by atoms with van der Waals surface area (Å²) in [7, 11) is 3.57. The van der Waals surface area contributed by atoms with E-state index < -0.39 is 4.92 Å². The summed E-state index contributed by atoms with van der Waals surface area (Å²) in [5.74, 6) is 0.667. The Kier molecular flexibility index (Phi) is 4.16. The van der Waals surface area contributed by atoms with Gasteiger partial charge in [-0.1, -0.05) is 0 Å². The van der Waals surface area contributed by atoms with E-state index in [1.165, 1.54) is 19.2 Å². The van der Waals surface area contributed by atoms with Gasteiger partial charge >= 0.3 is 5.69 Å². The van der Waals surface area contributed by atoms with E-state index in [4.69, 9.17) is 4.74 Å². The van der Waals surface area contributed by atoms with Crippen LogP contribution in [-0.2, 0) is 0 Å². The van der Waals surface area contributed by atoms with E-state index in [-0.39, 0.29) is 11.7 Å². The molecule has 0 spiro atoms. The molecule has 7 nitrogen and oxygen atoms in total. The van der Waals surface area contributed by atoms with Crippen LogP contribution in [-0.4, -0.2) is 48.1 Å². The average molecular weight is 266 g/mol. The summed E-state index contributed by atoms with van der Waals surface area (Å²) in [6.45, 7) is 1.96. The van der Waals surface area contributed by atoms with Crippen LogP contribution >= 0.6 is 0 Å². The van der Waals surface area contributed by atoms with E-state index in [2.05, 4.69) is 22.2 Å². The van der Waals surface area contributed by atoms with Crippen LogP contribution in [0.3, 0.4) is 0 Å². The summed E-state index contributed by atoms with van der Waals surface area (Å²) >= 11 is 0. The minimum absolute atomic E-state index is 0.0141. The minimum atomic E-state index is -0.427. The van der Waals surface area contributed by atoms with Gasteiger partial charge in [-0.25, -0.2) is 0 Å². The molecule has 7 heteroatoms. The first-order chi connectivity index (χ1) is 9.10. The Morgan fingerprint density at radius 1 is 1.47 bits per heavy atom. The van der Waals surface area contributed by atoms with Crippen molar-refractivity contribution in [3.63, 3.8) is 0 Å². The molecule has 0 unspecified atom stereocenters.